The molecular formula is C18H16ClNO8. The first-order chi connectivity index (χ1) is 13.2. The summed E-state index contributed by atoms with van der Waals surface area (Å²) in [4.78, 5) is 47.8. The lowest BCUT2D eigenvalue weighted by atomic mass is 10.1. The van der Waals surface area contributed by atoms with Crippen LogP contribution in [0.1, 0.15) is 61.5 Å². The summed E-state index contributed by atoms with van der Waals surface area (Å²) in [6.07, 6.45) is 1.19. The fraction of sp³-hybridized carbons (Fsp3) is 0.222. The Morgan fingerprint density at radius 2 is 1.46 bits per heavy atom. The van der Waals surface area contributed by atoms with E-state index in [4.69, 9.17) is 16.3 Å². The van der Waals surface area contributed by atoms with Gasteiger partial charge in [0.15, 0.2) is 0 Å². The highest BCUT2D eigenvalue weighted by Crippen LogP contribution is 2.29. The number of unbranched alkanes of at least 4 members (excludes halogenated alkanes) is 1. The lowest BCUT2D eigenvalue weighted by Crippen LogP contribution is -2.17. The lowest BCUT2D eigenvalue weighted by molar-refractivity contribution is 0.0480. The molecule has 1 heterocycles. The van der Waals surface area contributed by atoms with E-state index in [1.165, 1.54) is 24.3 Å². The number of carboxylic acid groups (broad SMARTS) is 3. The molecule has 0 saturated heterocycles. The zero-order chi connectivity index (χ0) is 21.0. The Hall–Kier alpha value is -3.33. The molecule has 148 valence electrons. The van der Waals surface area contributed by atoms with Crippen LogP contribution in [0.25, 0.3) is 5.69 Å². The van der Waals surface area contributed by atoms with Crippen molar-refractivity contribution < 1.29 is 39.2 Å². The van der Waals surface area contributed by atoms with Crippen molar-refractivity contribution in [1.29, 1.82) is 0 Å². The van der Waals surface area contributed by atoms with Crippen molar-refractivity contribution in [2.75, 3.05) is 6.61 Å². The van der Waals surface area contributed by atoms with Crippen LogP contribution in [-0.2, 0) is 4.74 Å². The van der Waals surface area contributed by atoms with Crippen LogP contribution in [0.3, 0.4) is 0 Å². The van der Waals surface area contributed by atoms with Gasteiger partial charge in [-0.1, -0.05) is 24.9 Å². The van der Waals surface area contributed by atoms with Gasteiger partial charge in [0.05, 0.1) is 6.61 Å². The first kappa shape index (κ1) is 21.0. The van der Waals surface area contributed by atoms with E-state index in [9.17, 15) is 34.5 Å². The first-order valence-electron chi connectivity index (χ1n) is 8.12. The molecule has 9 nitrogen and oxygen atoms in total. The van der Waals surface area contributed by atoms with Gasteiger partial charge in [0, 0.05) is 10.7 Å². The van der Waals surface area contributed by atoms with Crippen LogP contribution in [0, 0.1) is 0 Å². The number of aromatic carboxylic acids is 3. The summed E-state index contributed by atoms with van der Waals surface area (Å²) in [6, 6.07) is 5.43. The van der Waals surface area contributed by atoms with E-state index in [0.29, 0.717) is 17.9 Å². The number of carboxylic acids is 3. The van der Waals surface area contributed by atoms with Crippen molar-refractivity contribution in [2.24, 2.45) is 0 Å². The van der Waals surface area contributed by atoms with Crippen LogP contribution in [0.4, 0.5) is 0 Å². The normalized spacial score (nSPS) is 10.5. The predicted molar refractivity (Wildman–Crippen MR) is 96.8 cm³/mol. The summed E-state index contributed by atoms with van der Waals surface area (Å²) in [5.41, 5.74) is -3.51. The molecule has 2 rings (SSSR count). The molecule has 0 saturated carbocycles. The molecule has 1 aromatic carbocycles. The van der Waals surface area contributed by atoms with Crippen LogP contribution in [-0.4, -0.2) is 50.4 Å². The van der Waals surface area contributed by atoms with Gasteiger partial charge in [-0.3, -0.25) is 4.57 Å². The molecule has 0 unspecified atom stereocenters. The molecule has 0 spiro atoms. The number of carbonyl (C=O) groups excluding carboxylic acids is 1. The fourth-order valence-electron chi connectivity index (χ4n) is 2.61. The number of halogens is 1. The van der Waals surface area contributed by atoms with Crippen LogP contribution in [0.5, 0.6) is 0 Å². The molecule has 0 radical (unpaired) electrons. The molecule has 10 heteroatoms. The Bertz CT molecular complexity index is 945. The maximum Gasteiger partial charge on any atom is 0.356 e. The van der Waals surface area contributed by atoms with E-state index in [2.05, 4.69) is 0 Å². The summed E-state index contributed by atoms with van der Waals surface area (Å²) < 4.78 is 5.79. The average molecular weight is 410 g/mol. The van der Waals surface area contributed by atoms with Crippen LogP contribution < -0.4 is 0 Å². The van der Waals surface area contributed by atoms with Gasteiger partial charge in [-0.2, -0.15) is 0 Å². The zero-order valence-corrected chi connectivity index (χ0v) is 15.4. The van der Waals surface area contributed by atoms with E-state index >= 15 is 0 Å². The Morgan fingerprint density at radius 3 is 1.93 bits per heavy atom. The molecule has 28 heavy (non-hydrogen) atoms. The molecule has 2 aromatic rings. The Morgan fingerprint density at radius 1 is 0.929 bits per heavy atom. The van der Waals surface area contributed by atoms with Gasteiger partial charge < -0.3 is 20.1 Å². The second kappa shape index (κ2) is 8.57. The predicted octanol–water partition coefficient (Wildman–Crippen LogP) is 3.18. The molecule has 0 aliphatic rings. The summed E-state index contributed by atoms with van der Waals surface area (Å²) >= 11 is 5.82. The number of aromatic nitrogens is 1. The molecule has 0 bridgehead atoms. The molecular weight excluding hydrogens is 394 g/mol. The molecule has 0 aliphatic heterocycles. The maximum atomic E-state index is 12.6. The molecule has 0 atom stereocenters. The quantitative estimate of drug-likeness (QED) is 0.445. The summed E-state index contributed by atoms with van der Waals surface area (Å²) in [5, 5.41) is 28.9. The maximum absolute atomic E-state index is 12.6. The highest BCUT2D eigenvalue weighted by molar-refractivity contribution is 6.30. The van der Waals surface area contributed by atoms with Gasteiger partial charge in [0.1, 0.15) is 22.5 Å². The molecule has 3 N–H and O–H groups in total. The second-order valence-corrected chi connectivity index (χ2v) is 6.10. The Balaban J connectivity index is 2.89. The minimum atomic E-state index is -1.80. The molecule has 1 aromatic heterocycles. The largest absolute Gasteiger partial charge is 0.478 e. The highest BCUT2D eigenvalue weighted by atomic mass is 35.5. The van der Waals surface area contributed by atoms with E-state index in [1.54, 1.807) is 0 Å². The Labute approximate surface area is 163 Å². The molecule has 0 fully saturated rings. The van der Waals surface area contributed by atoms with E-state index in [0.717, 1.165) is 4.57 Å². The van der Waals surface area contributed by atoms with Crippen LogP contribution in [0.2, 0.25) is 5.02 Å². The van der Waals surface area contributed by atoms with Gasteiger partial charge in [-0.05, 0) is 30.7 Å². The van der Waals surface area contributed by atoms with Crippen molar-refractivity contribution in [1.82, 2.24) is 4.57 Å². The monoisotopic (exact) mass is 409 g/mol. The van der Waals surface area contributed by atoms with E-state index in [-0.39, 0.29) is 12.3 Å². The average Bonchev–Trinajstić information content (AvgIpc) is 2.99. The van der Waals surface area contributed by atoms with Gasteiger partial charge in [-0.15, -0.1) is 0 Å². The van der Waals surface area contributed by atoms with Crippen LogP contribution >= 0.6 is 11.6 Å². The number of esters is 1. The fourth-order valence-corrected chi connectivity index (χ4v) is 2.74. The van der Waals surface area contributed by atoms with Crippen molar-refractivity contribution in [3.8, 4) is 5.69 Å². The first-order valence-corrected chi connectivity index (χ1v) is 8.50. The smallest absolute Gasteiger partial charge is 0.356 e. The second-order valence-electron chi connectivity index (χ2n) is 5.66. The summed E-state index contributed by atoms with van der Waals surface area (Å²) in [7, 11) is 0. The summed E-state index contributed by atoms with van der Waals surface area (Å²) in [5.74, 6) is -6.43. The highest BCUT2D eigenvalue weighted by Gasteiger charge is 2.38. The van der Waals surface area contributed by atoms with Crippen molar-refractivity contribution in [3.05, 3.63) is 51.8 Å². The number of carbonyl (C=O) groups is 4. The summed E-state index contributed by atoms with van der Waals surface area (Å²) in [6.45, 7) is 1.81. The van der Waals surface area contributed by atoms with Crippen molar-refractivity contribution >= 4 is 35.5 Å². The van der Waals surface area contributed by atoms with Crippen molar-refractivity contribution in [2.45, 2.75) is 19.8 Å². The number of rotatable bonds is 8. The van der Waals surface area contributed by atoms with Crippen LogP contribution in [0.15, 0.2) is 24.3 Å². The molecule has 0 amide bonds. The van der Waals surface area contributed by atoms with Crippen molar-refractivity contribution in [3.63, 3.8) is 0 Å². The topological polar surface area (TPSA) is 143 Å². The Kier molecular flexibility index (Phi) is 6.42. The van der Waals surface area contributed by atoms with E-state index in [1.807, 2.05) is 6.92 Å². The van der Waals surface area contributed by atoms with E-state index < -0.39 is 46.4 Å². The van der Waals surface area contributed by atoms with Gasteiger partial charge in [0.2, 0.25) is 0 Å². The number of ether oxygens (including phenoxy) is 1. The SMILES string of the molecule is CCCCOC(=O)c1c(C(=O)O)c(C(=O)O)c(C(=O)O)n1-c1ccc(Cl)cc1. The third kappa shape index (κ3) is 3.99. The minimum Gasteiger partial charge on any atom is -0.478 e. The third-order valence-electron chi connectivity index (χ3n) is 3.81. The third-order valence-corrected chi connectivity index (χ3v) is 4.06. The molecule has 0 aliphatic carbocycles. The number of benzene rings is 1. The standard InChI is InChI=1S/C18H16ClNO8/c1-2-3-8-28-18(27)14-12(16(23)24)11(15(21)22)13(17(25)26)20(14)10-6-4-9(19)5-7-10/h4-7H,2-3,8H2,1H3,(H,21,22)(H,23,24)(H,25,26). The van der Waals surface area contributed by atoms with Gasteiger partial charge in [-0.25, -0.2) is 19.2 Å². The zero-order valence-electron chi connectivity index (χ0n) is 14.6. The minimum absolute atomic E-state index is 0.0367. The van der Waals surface area contributed by atoms with Gasteiger partial charge >= 0.3 is 23.9 Å². The number of nitrogens with zero attached hydrogens (tertiary/aromatic N) is 1. The number of hydrogen-bond donors (Lipinski definition) is 3. The number of hydrogen-bond acceptors (Lipinski definition) is 5. The van der Waals surface area contributed by atoms with Gasteiger partial charge in [0.25, 0.3) is 0 Å². The lowest BCUT2D eigenvalue weighted by Gasteiger charge is -2.12.